The second-order valence-corrected chi connectivity index (χ2v) is 4.65. The van der Waals surface area contributed by atoms with Crippen LogP contribution in [0.25, 0.3) is 0 Å². The van der Waals surface area contributed by atoms with Crippen molar-refractivity contribution in [1.29, 1.82) is 0 Å². The van der Waals surface area contributed by atoms with Crippen molar-refractivity contribution in [3.63, 3.8) is 0 Å². The summed E-state index contributed by atoms with van der Waals surface area (Å²) < 4.78 is 0. The molecule has 2 heteroatoms. The van der Waals surface area contributed by atoms with E-state index in [9.17, 15) is 0 Å². The van der Waals surface area contributed by atoms with Crippen LogP contribution in [0.3, 0.4) is 0 Å². The quantitative estimate of drug-likeness (QED) is 0.741. The highest BCUT2D eigenvalue weighted by atomic mass is 15.0. The third-order valence-electron chi connectivity index (χ3n) is 3.71. The molecule has 0 amide bonds. The number of benzene rings is 1. The number of nitrogen functional groups attached to an aromatic ring is 1. The molecule has 0 saturated heterocycles. The molecule has 15 heavy (non-hydrogen) atoms. The molecule has 0 heterocycles. The van der Waals surface area contributed by atoms with Gasteiger partial charge in [0, 0.05) is 5.54 Å². The molecule has 1 fully saturated rings. The molecule has 1 aliphatic carbocycles. The molecule has 2 nitrogen and oxygen atoms in total. The molecule has 1 aromatic rings. The van der Waals surface area contributed by atoms with E-state index in [4.69, 9.17) is 5.73 Å². The maximum atomic E-state index is 6.06. The van der Waals surface area contributed by atoms with Crippen LogP contribution < -0.4 is 11.1 Å². The second-order valence-electron chi connectivity index (χ2n) is 4.65. The molecule has 0 aromatic heterocycles. The monoisotopic (exact) mass is 204 g/mol. The SMILES string of the molecule is CCC1(Nc2cccc(C)c2N)CCC1. The normalized spacial score (nSPS) is 18.3. The Balaban J connectivity index is 2.20. The first-order chi connectivity index (χ1) is 7.17. The smallest absolute Gasteiger partial charge is 0.0580 e. The molecule has 3 N–H and O–H groups in total. The van der Waals surface area contributed by atoms with Crippen LogP contribution in [-0.2, 0) is 0 Å². The Bertz CT molecular complexity index is 348. The fourth-order valence-corrected chi connectivity index (χ4v) is 2.25. The number of nitrogens with two attached hydrogens (primary N) is 1. The molecule has 0 bridgehead atoms. The summed E-state index contributed by atoms with van der Waals surface area (Å²) in [6.45, 7) is 4.30. The lowest BCUT2D eigenvalue weighted by Crippen LogP contribution is -2.44. The van der Waals surface area contributed by atoms with Gasteiger partial charge in [0.1, 0.15) is 0 Å². The minimum atomic E-state index is 0.321. The van der Waals surface area contributed by atoms with Crippen molar-refractivity contribution in [2.24, 2.45) is 0 Å². The fraction of sp³-hybridized carbons (Fsp3) is 0.538. The van der Waals surface area contributed by atoms with E-state index in [2.05, 4.69) is 37.4 Å². The number of hydrogen-bond donors (Lipinski definition) is 2. The molecule has 1 saturated carbocycles. The lowest BCUT2D eigenvalue weighted by Gasteiger charge is -2.43. The number of rotatable bonds is 3. The van der Waals surface area contributed by atoms with Crippen LogP contribution in [-0.4, -0.2) is 5.54 Å². The molecule has 0 radical (unpaired) electrons. The predicted octanol–water partition coefficient (Wildman–Crippen LogP) is 3.32. The number of anilines is 2. The van der Waals surface area contributed by atoms with Gasteiger partial charge in [-0.25, -0.2) is 0 Å². The van der Waals surface area contributed by atoms with Crippen LogP contribution in [0.1, 0.15) is 38.2 Å². The Kier molecular flexibility index (Phi) is 2.59. The van der Waals surface area contributed by atoms with Crippen molar-refractivity contribution < 1.29 is 0 Å². The van der Waals surface area contributed by atoms with E-state index in [1.165, 1.54) is 25.7 Å². The Morgan fingerprint density at radius 2 is 2.13 bits per heavy atom. The Morgan fingerprint density at radius 3 is 2.67 bits per heavy atom. The van der Waals surface area contributed by atoms with Crippen LogP contribution >= 0.6 is 0 Å². The largest absolute Gasteiger partial charge is 0.397 e. The van der Waals surface area contributed by atoms with Crippen LogP contribution in [0.15, 0.2) is 18.2 Å². The van der Waals surface area contributed by atoms with Gasteiger partial charge >= 0.3 is 0 Å². The van der Waals surface area contributed by atoms with Crippen molar-refractivity contribution >= 4 is 11.4 Å². The summed E-state index contributed by atoms with van der Waals surface area (Å²) in [4.78, 5) is 0. The Hall–Kier alpha value is -1.18. The highest BCUT2D eigenvalue weighted by molar-refractivity contribution is 5.70. The van der Waals surface area contributed by atoms with Gasteiger partial charge in [0.2, 0.25) is 0 Å². The fourth-order valence-electron chi connectivity index (χ4n) is 2.25. The van der Waals surface area contributed by atoms with Gasteiger partial charge in [-0.05, 0) is 44.2 Å². The van der Waals surface area contributed by atoms with Gasteiger partial charge < -0.3 is 11.1 Å². The first-order valence-corrected chi connectivity index (χ1v) is 5.80. The molecule has 1 aliphatic rings. The third-order valence-corrected chi connectivity index (χ3v) is 3.71. The Morgan fingerprint density at radius 1 is 1.40 bits per heavy atom. The first-order valence-electron chi connectivity index (χ1n) is 5.80. The molecule has 0 spiro atoms. The lowest BCUT2D eigenvalue weighted by atomic mass is 9.74. The lowest BCUT2D eigenvalue weighted by molar-refractivity contribution is 0.270. The summed E-state index contributed by atoms with van der Waals surface area (Å²) in [5.41, 5.74) is 9.55. The number of hydrogen-bond acceptors (Lipinski definition) is 2. The van der Waals surface area contributed by atoms with Crippen molar-refractivity contribution in [1.82, 2.24) is 0 Å². The average Bonchev–Trinajstić information content (AvgIpc) is 2.18. The second kappa shape index (κ2) is 3.76. The van der Waals surface area contributed by atoms with E-state index in [1.54, 1.807) is 0 Å². The van der Waals surface area contributed by atoms with E-state index in [0.717, 1.165) is 16.9 Å². The Labute approximate surface area is 91.9 Å². The zero-order valence-electron chi connectivity index (χ0n) is 9.64. The maximum absolute atomic E-state index is 6.06. The minimum absolute atomic E-state index is 0.321. The standard InChI is InChI=1S/C13H20N2/c1-3-13(8-5-9-13)15-11-7-4-6-10(2)12(11)14/h4,6-7,15H,3,5,8-9,14H2,1-2H3. The minimum Gasteiger partial charge on any atom is -0.397 e. The zero-order valence-corrected chi connectivity index (χ0v) is 9.64. The third kappa shape index (κ3) is 1.81. The van der Waals surface area contributed by atoms with Crippen LogP contribution in [0.2, 0.25) is 0 Å². The molecule has 0 atom stereocenters. The maximum Gasteiger partial charge on any atom is 0.0580 e. The summed E-state index contributed by atoms with van der Waals surface area (Å²) >= 11 is 0. The predicted molar refractivity (Wildman–Crippen MR) is 66.1 cm³/mol. The molecular weight excluding hydrogens is 184 g/mol. The van der Waals surface area contributed by atoms with Gasteiger partial charge in [0.25, 0.3) is 0 Å². The van der Waals surface area contributed by atoms with Crippen molar-refractivity contribution in [2.75, 3.05) is 11.1 Å². The molecule has 1 aromatic carbocycles. The highest BCUT2D eigenvalue weighted by Gasteiger charge is 2.35. The molecule has 0 aliphatic heterocycles. The van der Waals surface area contributed by atoms with Gasteiger partial charge in [0.15, 0.2) is 0 Å². The van der Waals surface area contributed by atoms with Gasteiger partial charge in [0.05, 0.1) is 11.4 Å². The summed E-state index contributed by atoms with van der Waals surface area (Å²) in [6.07, 6.45) is 5.07. The topological polar surface area (TPSA) is 38.0 Å². The average molecular weight is 204 g/mol. The number of aryl methyl sites for hydroxylation is 1. The summed E-state index contributed by atoms with van der Waals surface area (Å²) in [7, 11) is 0. The van der Waals surface area contributed by atoms with Gasteiger partial charge in [-0.3, -0.25) is 0 Å². The van der Waals surface area contributed by atoms with Gasteiger partial charge in [-0.15, -0.1) is 0 Å². The van der Waals surface area contributed by atoms with E-state index in [1.807, 2.05) is 0 Å². The van der Waals surface area contributed by atoms with Crippen LogP contribution in [0, 0.1) is 6.92 Å². The molecular formula is C13H20N2. The van der Waals surface area contributed by atoms with E-state index < -0.39 is 0 Å². The van der Waals surface area contributed by atoms with E-state index >= 15 is 0 Å². The summed E-state index contributed by atoms with van der Waals surface area (Å²) in [6, 6.07) is 6.20. The van der Waals surface area contributed by atoms with E-state index in [-0.39, 0.29) is 0 Å². The van der Waals surface area contributed by atoms with Crippen molar-refractivity contribution in [3.05, 3.63) is 23.8 Å². The van der Waals surface area contributed by atoms with Gasteiger partial charge in [-0.2, -0.15) is 0 Å². The van der Waals surface area contributed by atoms with Crippen molar-refractivity contribution in [2.45, 2.75) is 45.1 Å². The summed E-state index contributed by atoms with van der Waals surface area (Å²) in [5.74, 6) is 0. The number of nitrogens with one attached hydrogen (secondary N) is 1. The molecule has 2 rings (SSSR count). The molecule has 0 unspecified atom stereocenters. The van der Waals surface area contributed by atoms with Gasteiger partial charge in [-0.1, -0.05) is 19.1 Å². The molecule has 82 valence electrons. The van der Waals surface area contributed by atoms with Crippen LogP contribution in [0.4, 0.5) is 11.4 Å². The zero-order chi connectivity index (χ0) is 10.9. The van der Waals surface area contributed by atoms with Crippen molar-refractivity contribution in [3.8, 4) is 0 Å². The van der Waals surface area contributed by atoms with E-state index in [0.29, 0.717) is 5.54 Å². The van der Waals surface area contributed by atoms with Crippen LogP contribution in [0.5, 0.6) is 0 Å². The highest BCUT2D eigenvalue weighted by Crippen LogP contribution is 2.39. The summed E-state index contributed by atoms with van der Waals surface area (Å²) in [5, 5.41) is 3.63. The first kappa shape index (κ1) is 10.3. The number of para-hydroxylation sites is 1.